The van der Waals surface area contributed by atoms with Gasteiger partial charge in [0.25, 0.3) is 5.91 Å². The molecule has 2 N–H and O–H groups in total. The van der Waals surface area contributed by atoms with Gasteiger partial charge in [0.05, 0.1) is 28.9 Å². The summed E-state index contributed by atoms with van der Waals surface area (Å²) >= 11 is 0. The lowest BCUT2D eigenvalue weighted by atomic mass is 9.76. The molecular weight excluding hydrogens is 334 g/mol. The van der Waals surface area contributed by atoms with Gasteiger partial charge in [-0.25, -0.2) is 9.50 Å². The Labute approximate surface area is 151 Å². The summed E-state index contributed by atoms with van der Waals surface area (Å²) in [6.07, 6.45) is 3.57. The molecule has 26 heavy (non-hydrogen) atoms. The van der Waals surface area contributed by atoms with Crippen molar-refractivity contribution in [3.05, 3.63) is 29.2 Å². The summed E-state index contributed by atoms with van der Waals surface area (Å²) in [7, 11) is 0. The van der Waals surface area contributed by atoms with Crippen LogP contribution in [-0.2, 0) is 9.53 Å². The van der Waals surface area contributed by atoms with E-state index < -0.39 is 0 Å². The van der Waals surface area contributed by atoms with Crippen molar-refractivity contribution >= 4 is 17.5 Å². The highest BCUT2D eigenvalue weighted by Gasteiger charge is 2.49. The molecule has 8 nitrogen and oxygen atoms in total. The summed E-state index contributed by atoms with van der Waals surface area (Å²) in [4.78, 5) is 29.2. The van der Waals surface area contributed by atoms with Crippen LogP contribution >= 0.6 is 0 Å². The van der Waals surface area contributed by atoms with Crippen molar-refractivity contribution in [3.8, 4) is 0 Å². The van der Waals surface area contributed by atoms with E-state index in [4.69, 9.17) is 4.74 Å². The molecule has 0 radical (unpaired) electrons. The second-order valence-electron chi connectivity index (χ2n) is 7.28. The Morgan fingerprint density at radius 3 is 2.96 bits per heavy atom. The van der Waals surface area contributed by atoms with Gasteiger partial charge in [0.2, 0.25) is 0 Å². The first kappa shape index (κ1) is 17.0. The van der Waals surface area contributed by atoms with Crippen LogP contribution in [0.4, 0.5) is 0 Å². The molecule has 2 fully saturated rings. The van der Waals surface area contributed by atoms with Gasteiger partial charge in [0, 0.05) is 18.7 Å². The number of aromatic nitrogens is 3. The molecule has 138 valence electrons. The van der Waals surface area contributed by atoms with Crippen LogP contribution in [0.25, 0.3) is 5.65 Å². The number of hydrogen-bond donors (Lipinski definition) is 2. The lowest BCUT2D eigenvalue weighted by Gasteiger charge is -2.29. The lowest BCUT2D eigenvalue weighted by Crippen LogP contribution is -2.39. The van der Waals surface area contributed by atoms with E-state index in [1.165, 1.54) is 0 Å². The molecule has 0 bridgehead atoms. The van der Waals surface area contributed by atoms with Crippen molar-refractivity contribution in [3.63, 3.8) is 0 Å². The van der Waals surface area contributed by atoms with Crippen molar-refractivity contribution in [2.75, 3.05) is 19.6 Å². The second-order valence-corrected chi connectivity index (χ2v) is 7.28. The van der Waals surface area contributed by atoms with Crippen LogP contribution in [0.3, 0.4) is 0 Å². The number of rotatable bonds is 3. The summed E-state index contributed by atoms with van der Waals surface area (Å²) in [6, 6.07) is 1.87. The maximum Gasteiger partial charge on any atom is 0.312 e. The van der Waals surface area contributed by atoms with E-state index >= 15 is 0 Å². The fraction of sp³-hybridized carbons (Fsp3) is 0.556. The Morgan fingerprint density at radius 1 is 1.42 bits per heavy atom. The average molecular weight is 357 g/mol. The quantitative estimate of drug-likeness (QED) is 0.787. The molecule has 8 heteroatoms. The topological polar surface area (TPSA) is 97.6 Å². The maximum absolute atomic E-state index is 12.6. The fourth-order valence-electron chi connectivity index (χ4n) is 3.95. The van der Waals surface area contributed by atoms with E-state index in [1.54, 1.807) is 10.7 Å². The van der Waals surface area contributed by atoms with Crippen molar-refractivity contribution < 1.29 is 14.3 Å². The van der Waals surface area contributed by atoms with Gasteiger partial charge in [-0.05, 0) is 39.8 Å². The number of esters is 1. The molecule has 4 heterocycles. The van der Waals surface area contributed by atoms with Gasteiger partial charge < -0.3 is 15.4 Å². The van der Waals surface area contributed by atoms with Crippen LogP contribution in [0, 0.1) is 19.3 Å². The number of ether oxygens (including phenoxy) is 1. The maximum atomic E-state index is 12.6. The van der Waals surface area contributed by atoms with E-state index in [2.05, 4.69) is 20.7 Å². The van der Waals surface area contributed by atoms with Gasteiger partial charge in [-0.1, -0.05) is 0 Å². The first-order chi connectivity index (χ1) is 12.5. The molecule has 2 aliphatic heterocycles. The van der Waals surface area contributed by atoms with E-state index in [0.717, 1.165) is 37.3 Å². The minimum atomic E-state index is -0.371. The Hall–Kier alpha value is -2.48. The molecule has 1 unspecified atom stereocenters. The Morgan fingerprint density at radius 2 is 2.19 bits per heavy atom. The molecular formula is C18H23N5O3. The molecule has 1 atom stereocenters. The highest BCUT2D eigenvalue weighted by Crippen LogP contribution is 2.41. The first-order valence-electron chi connectivity index (χ1n) is 9.00. The summed E-state index contributed by atoms with van der Waals surface area (Å²) in [5.41, 5.74) is 2.40. The third kappa shape index (κ3) is 2.84. The first-order valence-corrected chi connectivity index (χ1v) is 9.00. The predicted octanol–water partition coefficient (Wildman–Crippen LogP) is 0.761. The summed E-state index contributed by atoms with van der Waals surface area (Å²) in [5.74, 6) is -0.350. The molecule has 2 aromatic heterocycles. The SMILES string of the molecule is Cc1cc2ncc(C(=O)NCC3CC4(CCNCC4)C(=O)O3)c(C)n2n1. The van der Waals surface area contributed by atoms with Crippen LogP contribution < -0.4 is 10.6 Å². The number of amides is 1. The van der Waals surface area contributed by atoms with E-state index in [-0.39, 0.29) is 23.4 Å². The largest absolute Gasteiger partial charge is 0.460 e. The highest BCUT2D eigenvalue weighted by molar-refractivity contribution is 5.95. The number of nitrogens with one attached hydrogen (secondary N) is 2. The normalized spacial score (nSPS) is 21.9. The van der Waals surface area contributed by atoms with Gasteiger partial charge in [-0.2, -0.15) is 5.10 Å². The number of carbonyl (C=O) groups excluding carboxylic acids is 2. The van der Waals surface area contributed by atoms with E-state index in [1.807, 2.05) is 19.9 Å². The van der Waals surface area contributed by atoms with Gasteiger partial charge in [-0.15, -0.1) is 0 Å². The Kier molecular flexibility index (Phi) is 4.14. The zero-order valence-electron chi connectivity index (χ0n) is 15.0. The molecule has 2 saturated heterocycles. The zero-order valence-corrected chi connectivity index (χ0v) is 15.0. The van der Waals surface area contributed by atoms with Crippen LogP contribution in [0.2, 0.25) is 0 Å². The molecule has 0 saturated carbocycles. The molecule has 2 aliphatic rings. The fourth-order valence-corrected chi connectivity index (χ4v) is 3.95. The molecule has 1 spiro atoms. The molecule has 0 aliphatic carbocycles. The number of cyclic esters (lactones) is 1. The summed E-state index contributed by atoms with van der Waals surface area (Å²) in [5, 5.41) is 10.5. The number of piperidine rings is 1. The highest BCUT2D eigenvalue weighted by atomic mass is 16.6. The zero-order chi connectivity index (χ0) is 18.3. The van der Waals surface area contributed by atoms with Crippen molar-refractivity contribution in [1.29, 1.82) is 0 Å². The minimum Gasteiger partial charge on any atom is -0.460 e. The van der Waals surface area contributed by atoms with Crippen molar-refractivity contribution in [1.82, 2.24) is 25.2 Å². The monoisotopic (exact) mass is 357 g/mol. The molecule has 0 aromatic carbocycles. The van der Waals surface area contributed by atoms with Crippen LogP contribution in [0.15, 0.2) is 12.3 Å². The second kappa shape index (κ2) is 6.35. The predicted molar refractivity (Wildman–Crippen MR) is 93.8 cm³/mol. The summed E-state index contributed by atoms with van der Waals surface area (Å²) < 4.78 is 7.20. The van der Waals surface area contributed by atoms with E-state index in [0.29, 0.717) is 24.2 Å². The van der Waals surface area contributed by atoms with Crippen molar-refractivity contribution in [2.45, 2.75) is 39.2 Å². The standard InChI is InChI=1S/C18H23N5O3/c1-11-7-15-20-10-14(12(2)23(15)22-11)16(24)21-9-13-8-18(17(25)26-13)3-5-19-6-4-18/h7,10,13,19H,3-6,8-9H2,1-2H3,(H,21,24). The van der Waals surface area contributed by atoms with Gasteiger partial charge in [0.15, 0.2) is 5.65 Å². The minimum absolute atomic E-state index is 0.121. The van der Waals surface area contributed by atoms with Crippen LogP contribution in [0.5, 0.6) is 0 Å². The third-order valence-electron chi connectivity index (χ3n) is 5.47. The number of aryl methyl sites for hydroxylation is 2. The molecule has 2 aromatic rings. The third-order valence-corrected chi connectivity index (χ3v) is 5.47. The van der Waals surface area contributed by atoms with E-state index in [9.17, 15) is 9.59 Å². The smallest absolute Gasteiger partial charge is 0.312 e. The lowest BCUT2D eigenvalue weighted by molar-refractivity contribution is -0.149. The average Bonchev–Trinajstić information content (AvgIpc) is 3.14. The Bertz CT molecular complexity index is 869. The number of nitrogens with zero attached hydrogens (tertiary/aromatic N) is 3. The van der Waals surface area contributed by atoms with Gasteiger partial charge >= 0.3 is 5.97 Å². The van der Waals surface area contributed by atoms with Crippen LogP contribution in [0.1, 0.15) is 41.0 Å². The molecule has 4 rings (SSSR count). The number of hydrogen-bond acceptors (Lipinski definition) is 6. The number of fused-ring (bicyclic) bond motifs is 1. The van der Waals surface area contributed by atoms with Crippen LogP contribution in [-0.4, -0.2) is 52.2 Å². The van der Waals surface area contributed by atoms with Gasteiger partial charge in [0.1, 0.15) is 6.10 Å². The molecule has 1 amide bonds. The van der Waals surface area contributed by atoms with Gasteiger partial charge in [-0.3, -0.25) is 9.59 Å². The van der Waals surface area contributed by atoms with Crippen molar-refractivity contribution in [2.24, 2.45) is 5.41 Å². The summed E-state index contributed by atoms with van der Waals surface area (Å²) in [6.45, 7) is 5.72. The number of carbonyl (C=O) groups is 2. The Balaban J connectivity index is 1.43.